The lowest BCUT2D eigenvalue weighted by Gasteiger charge is -2.11. The zero-order valence-electron chi connectivity index (χ0n) is 9.78. The molecule has 0 saturated carbocycles. The molecule has 0 saturated heterocycles. The fraction of sp³-hybridized carbons (Fsp3) is 0.636. The van der Waals surface area contributed by atoms with Crippen molar-refractivity contribution in [2.24, 2.45) is 0 Å². The fourth-order valence-electron chi connectivity index (χ4n) is 1.22. The molecule has 0 fully saturated rings. The van der Waals surface area contributed by atoms with Crippen molar-refractivity contribution in [3.05, 3.63) is 11.9 Å². The van der Waals surface area contributed by atoms with Gasteiger partial charge >= 0.3 is 0 Å². The van der Waals surface area contributed by atoms with Crippen molar-refractivity contribution >= 4 is 0 Å². The Kier molecular flexibility index (Phi) is 4.34. The summed E-state index contributed by atoms with van der Waals surface area (Å²) in [6, 6.07) is 0. The third-order valence-corrected chi connectivity index (χ3v) is 1.87. The van der Waals surface area contributed by atoms with E-state index in [1.807, 2.05) is 13.8 Å². The molecule has 1 rings (SSSR count). The van der Waals surface area contributed by atoms with Crippen molar-refractivity contribution in [3.8, 4) is 11.8 Å². The summed E-state index contributed by atoms with van der Waals surface area (Å²) in [7, 11) is 0. The van der Waals surface area contributed by atoms with Gasteiger partial charge in [-0.15, -0.1) is 0 Å². The van der Waals surface area contributed by atoms with Gasteiger partial charge in [0.15, 0.2) is 0 Å². The highest BCUT2D eigenvalue weighted by Crippen LogP contribution is 2.24. The van der Waals surface area contributed by atoms with E-state index in [-0.39, 0.29) is 0 Å². The summed E-state index contributed by atoms with van der Waals surface area (Å²) < 4.78 is 10.7. The molecule has 1 aromatic heterocycles. The number of aromatic nitrogens is 2. The van der Waals surface area contributed by atoms with Crippen LogP contribution < -0.4 is 9.47 Å². The van der Waals surface area contributed by atoms with Crippen LogP contribution >= 0.6 is 0 Å². The number of hydrogen-bond acceptors (Lipinski definition) is 4. The predicted molar refractivity (Wildman–Crippen MR) is 58.5 cm³/mol. The van der Waals surface area contributed by atoms with E-state index in [1.54, 1.807) is 6.20 Å². The minimum absolute atomic E-state index is 0.301. The molecule has 84 valence electrons. The zero-order valence-corrected chi connectivity index (χ0v) is 9.78. The second-order valence-electron chi connectivity index (χ2n) is 3.42. The molecule has 4 heteroatoms. The Morgan fingerprint density at radius 1 is 1.20 bits per heavy atom. The maximum absolute atomic E-state index is 5.43. The third-order valence-electron chi connectivity index (χ3n) is 1.87. The van der Waals surface area contributed by atoms with Gasteiger partial charge < -0.3 is 9.47 Å². The number of hydrogen-bond donors (Lipinski definition) is 0. The van der Waals surface area contributed by atoms with Gasteiger partial charge in [-0.3, -0.25) is 0 Å². The average Bonchev–Trinajstić information content (AvgIpc) is 2.18. The Labute approximate surface area is 90.7 Å². The van der Waals surface area contributed by atoms with E-state index in [4.69, 9.17) is 9.47 Å². The number of ether oxygens (including phenoxy) is 2. The van der Waals surface area contributed by atoms with Crippen LogP contribution in [0.1, 0.15) is 39.3 Å². The standard InChI is InChI=1S/C11H18N2O2/c1-5-14-9-7-12-10(8(3)4)11(13-9)15-6-2/h7-8H,5-6H2,1-4H3. The van der Waals surface area contributed by atoms with Crippen molar-refractivity contribution in [2.45, 2.75) is 33.6 Å². The second kappa shape index (κ2) is 5.53. The van der Waals surface area contributed by atoms with Crippen LogP contribution in [-0.4, -0.2) is 23.2 Å². The molecule has 0 unspecified atom stereocenters. The largest absolute Gasteiger partial charge is 0.477 e. The van der Waals surface area contributed by atoms with Crippen LogP contribution in [0.2, 0.25) is 0 Å². The topological polar surface area (TPSA) is 44.2 Å². The Bertz CT molecular complexity index is 313. The van der Waals surface area contributed by atoms with E-state index < -0.39 is 0 Å². The molecule has 0 bridgehead atoms. The second-order valence-corrected chi connectivity index (χ2v) is 3.42. The molecule has 0 atom stereocenters. The summed E-state index contributed by atoms with van der Waals surface area (Å²) in [5.74, 6) is 1.40. The molecule has 15 heavy (non-hydrogen) atoms. The molecule has 0 N–H and O–H groups in total. The van der Waals surface area contributed by atoms with Crippen molar-refractivity contribution in [2.75, 3.05) is 13.2 Å². The lowest BCUT2D eigenvalue weighted by molar-refractivity contribution is 0.292. The highest BCUT2D eigenvalue weighted by atomic mass is 16.5. The van der Waals surface area contributed by atoms with Crippen LogP contribution in [-0.2, 0) is 0 Å². The zero-order chi connectivity index (χ0) is 11.3. The SMILES string of the molecule is CCOc1cnc(C(C)C)c(OCC)n1. The summed E-state index contributed by atoms with van der Waals surface area (Å²) in [6.07, 6.45) is 1.64. The van der Waals surface area contributed by atoms with E-state index in [0.717, 1.165) is 5.69 Å². The van der Waals surface area contributed by atoms with E-state index >= 15 is 0 Å². The van der Waals surface area contributed by atoms with Crippen LogP contribution in [0.15, 0.2) is 6.20 Å². The van der Waals surface area contributed by atoms with Crippen LogP contribution in [0, 0.1) is 0 Å². The van der Waals surface area contributed by atoms with Crippen LogP contribution in [0.5, 0.6) is 11.8 Å². The Morgan fingerprint density at radius 3 is 2.40 bits per heavy atom. The molecule has 0 aliphatic heterocycles. The van der Waals surface area contributed by atoms with E-state index in [1.165, 1.54) is 0 Å². The summed E-state index contributed by atoms with van der Waals surface area (Å²) in [5, 5.41) is 0. The first kappa shape index (κ1) is 11.8. The number of nitrogens with zero attached hydrogens (tertiary/aromatic N) is 2. The highest BCUT2D eigenvalue weighted by molar-refractivity contribution is 5.25. The molecule has 1 aromatic rings. The summed E-state index contributed by atoms with van der Waals surface area (Å²) in [5.41, 5.74) is 0.875. The molecule has 0 amide bonds. The van der Waals surface area contributed by atoms with Gasteiger partial charge in [0, 0.05) is 5.92 Å². The van der Waals surface area contributed by atoms with Gasteiger partial charge in [-0.2, -0.15) is 4.98 Å². The maximum Gasteiger partial charge on any atom is 0.239 e. The quantitative estimate of drug-likeness (QED) is 0.748. The van der Waals surface area contributed by atoms with Gasteiger partial charge in [-0.1, -0.05) is 13.8 Å². The smallest absolute Gasteiger partial charge is 0.239 e. The molecule has 4 nitrogen and oxygen atoms in total. The minimum Gasteiger partial charge on any atom is -0.477 e. The molecule has 0 aliphatic carbocycles. The Balaban J connectivity index is 2.97. The first-order chi connectivity index (χ1) is 7.19. The first-order valence-corrected chi connectivity index (χ1v) is 5.31. The minimum atomic E-state index is 0.301. The highest BCUT2D eigenvalue weighted by Gasteiger charge is 2.12. The van der Waals surface area contributed by atoms with Crippen molar-refractivity contribution in [3.63, 3.8) is 0 Å². The molecular weight excluding hydrogens is 192 g/mol. The van der Waals surface area contributed by atoms with E-state index in [2.05, 4.69) is 23.8 Å². The van der Waals surface area contributed by atoms with Gasteiger partial charge in [-0.05, 0) is 13.8 Å². The lowest BCUT2D eigenvalue weighted by atomic mass is 10.1. The maximum atomic E-state index is 5.43. The van der Waals surface area contributed by atoms with Gasteiger partial charge in [0.05, 0.1) is 19.4 Å². The Morgan fingerprint density at radius 2 is 1.87 bits per heavy atom. The van der Waals surface area contributed by atoms with E-state index in [0.29, 0.717) is 30.9 Å². The normalized spacial score (nSPS) is 10.5. The Hall–Kier alpha value is -1.32. The molecule has 0 radical (unpaired) electrons. The monoisotopic (exact) mass is 210 g/mol. The van der Waals surface area contributed by atoms with Crippen molar-refractivity contribution in [1.82, 2.24) is 9.97 Å². The molecule has 0 aromatic carbocycles. The fourth-order valence-corrected chi connectivity index (χ4v) is 1.22. The van der Waals surface area contributed by atoms with Crippen LogP contribution in [0.4, 0.5) is 0 Å². The molecule has 0 spiro atoms. The molecule has 0 aliphatic rings. The van der Waals surface area contributed by atoms with Gasteiger partial charge in [0.25, 0.3) is 0 Å². The third kappa shape index (κ3) is 3.08. The predicted octanol–water partition coefficient (Wildman–Crippen LogP) is 2.40. The van der Waals surface area contributed by atoms with Crippen molar-refractivity contribution < 1.29 is 9.47 Å². The summed E-state index contributed by atoms with van der Waals surface area (Å²) in [6.45, 7) is 9.14. The summed E-state index contributed by atoms with van der Waals surface area (Å²) >= 11 is 0. The van der Waals surface area contributed by atoms with Gasteiger partial charge in [0.2, 0.25) is 11.8 Å². The van der Waals surface area contributed by atoms with Crippen molar-refractivity contribution in [1.29, 1.82) is 0 Å². The van der Waals surface area contributed by atoms with Crippen LogP contribution in [0.3, 0.4) is 0 Å². The van der Waals surface area contributed by atoms with Gasteiger partial charge in [0.1, 0.15) is 5.69 Å². The lowest BCUT2D eigenvalue weighted by Crippen LogP contribution is -2.05. The molecule has 1 heterocycles. The molecular formula is C11H18N2O2. The first-order valence-electron chi connectivity index (χ1n) is 5.31. The summed E-state index contributed by atoms with van der Waals surface area (Å²) in [4.78, 5) is 8.57. The van der Waals surface area contributed by atoms with E-state index in [9.17, 15) is 0 Å². The number of rotatable bonds is 5. The van der Waals surface area contributed by atoms with Gasteiger partial charge in [-0.25, -0.2) is 4.98 Å². The average molecular weight is 210 g/mol. The van der Waals surface area contributed by atoms with Crippen LogP contribution in [0.25, 0.3) is 0 Å².